The Morgan fingerprint density at radius 1 is 0.941 bits per heavy atom. The van der Waals surface area contributed by atoms with Crippen LogP contribution in [0.25, 0.3) is 27.7 Å². The number of nitrogens with one attached hydrogen (secondary N) is 2. The first-order chi connectivity index (χ1) is 16.4. The van der Waals surface area contributed by atoms with Crippen LogP contribution in [0.15, 0.2) is 88.4 Å². The first-order valence-corrected chi connectivity index (χ1v) is 12.7. The Morgan fingerprint density at radius 3 is 2.53 bits per heavy atom. The summed E-state index contributed by atoms with van der Waals surface area (Å²) in [5.41, 5.74) is 1.71. The lowest BCUT2D eigenvalue weighted by molar-refractivity contribution is 0.477. The largest absolute Gasteiger partial charge is 0.507 e. The van der Waals surface area contributed by atoms with Gasteiger partial charge in [0.15, 0.2) is 5.65 Å². The highest BCUT2D eigenvalue weighted by Gasteiger charge is 2.15. The molecule has 0 bridgehead atoms. The van der Waals surface area contributed by atoms with Crippen LogP contribution >= 0.6 is 15.9 Å². The van der Waals surface area contributed by atoms with Crippen molar-refractivity contribution in [3.05, 3.63) is 83.5 Å². The Morgan fingerprint density at radius 2 is 1.71 bits per heavy atom. The lowest BCUT2D eigenvalue weighted by Crippen LogP contribution is -2.29. The normalized spacial score (nSPS) is 11.8. The molecule has 0 radical (unpaired) electrons. The van der Waals surface area contributed by atoms with E-state index in [9.17, 15) is 13.5 Å². The monoisotopic (exact) mass is 537 g/mol. The van der Waals surface area contributed by atoms with E-state index in [4.69, 9.17) is 0 Å². The van der Waals surface area contributed by atoms with Gasteiger partial charge in [-0.2, -0.15) is 9.61 Å². The molecule has 0 saturated carbocycles. The van der Waals surface area contributed by atoms with Crippen molar-refractivity contribution in [2.75, 3.05) is 18.4 Å². The third-order valence-electron chi connectivity index (χ3n) is 5.36. The Balaban J connectivity index is 1.34. The second-order valence-corrected chi connectivity index (χ2v) is 10.2. The van der Waals surface area contributed by atoms with Crippen molar-refractivity contribution in [2.24, 2.45) is 0 Å². The van der Waals surface area contributed by atoms with Gasteiger partial charge in [0.05, 0.1) is 21.3 Å². The zero-order valence-corrected chi connectivity index (χ0v) is 20.2. The maximum atomic E-state index is 12.8. The van der Waals surface area contributed by atoms with Gasteiger partial charge in [0, 0.05) is 24.7 Å². The van der Waals surface area contributed by atoms with Gasteiger partial charge in [-0.3, -0.25) is 0 Å². The van der Waals surface area contributed by atoms with Crippen LogP contribution in [0.2, 0.25) is 0 Å². The molecule has 2 heterocycles. The number of hydrogen-bond acceptors (Lipinski definition) is 6. The summed E-state index contributed by atoms with van der Waals surface area (Å²) in [6.07, 6.45) is 1.63. The third-order valence-corrected chi connectivity index (χ3v) is 7.38. The number of fused-ring (bicyclic) bond motifs is 2. The summed E-state index contributed by atoms with van der Waals surface area (Å²) in [4.78, 5) is 4.82. The van der Waals surface area contributed by atoms with Gasteiger partial charge >= 0.3 is 0 Å². The van der Waals surface area contributed by atoms with E-state index in [-0.39, 0.29) is 17.2 Å². The number of hydrogen-bond donors (Lipinski definition) is 3. The van der Waals surface area contributed by atoms with Crippen molar-refractivity contribution in [2.45, 2.75) is 4.90 Å². The predicted octanol–water partition coefficient (Wildman–Crippen LogP) is 4.41. The maximum absolute atomic E-state index is 12.8. The average Bonchev–Trinajstić information content (AvgIpc) is 3.22. The second kappa shape index (κ2) is 9.05. The molecule has 5 rings (SSSR count). The second-order valence-electron chi connectivity index (χ2n) is 7.61. The molecular formula is C24H20BrN5O3S. The lowest BCUT2D eigenvalue weighted by Gasteiger charge is -2.12. The predicted molar refractivity (Wildman–Crippen MR) is 135 cm³/mol. The van der Waals surface area contributed by atoms with Crippen molar-refractivity contribution < 1.29 is 13.5 Å². The summed E-state index contributed by atoms with van der Waals surface area (Å²) >= 11 is 3.45. The van der Waals surface area contributed by atoms with Crippen LogP contribution in [0.3, 0.4) is 0 Å². The van der Waals surface area contributed by atoms with Gasteiger partial charge in [0.1, 0.15) is 11.6 Å². The molecule has 34 heavy (non-hydrogen) atoms. The number of sulfonamides is 1. The van der Waals surface area contributed by atoms with Gasteiger partial charge in [-0.05, 0) is 51.0 Å². The van der Waals surface area contributed by atoms with Crippen LogP contribution in [0.1, 0.15) is 0 Å². The van der Waals surface area contributed by atoms with Crippen LogP contribution < -0.4 is 10.0 Å². The highest BCUT2D eigenvalue weighted by atomic mass is 79.9. The maximum Gasteiger partial charge on any atom is 0.240 e. The smallest absolute Gasteiger partial charge is 0.240 e. The molecule has 3 aromatic carbocycles. The van der Waals surface area contributed by atoms with E-state index in [2.05, 4.69) is 36.1 Å². The van der Waals surface area contributed by atoms with Crippen molar-refractivity contribution in [1.29, 1.82) is 0 Å². The molecule has 0 aliphatic carbocycles. The molecule has 5 aromatic rings. The number of aromatic nitrogens is 3. The standard InChI is InChI=1S/C24H20BrN5O3S/c25-20-15-27-30-23(14-21(29-24(20)30)19-7-3-4-8-22(19)31)26-11-12-28-34(32,33)18-10-9-16-5-1-2-6-17(16)13-18/h1-10,13-15,26,28,31H,11-12H2. The molecule has 8 nitrogen and oxygen atoms in total. The van der Waals surface area contributed by atoms with Gasteiger partial charge < -0.3 is 10.4 Å². The highest BCUT2D eigenvalue weighted by Crippen LogP contribution is 2.31. The number of phenols is 1. The van der Waals surface area contributed by atoms with E-state index in [1.807, 2.05) is 30.3 Å². The molecular weight excluding hydrogens is 518 g/mol. The Labute approximate surface area is 204 Å². The topological polar surface area (TPSA) is 109 Å². The van der Waals surface area contributed by atoms with Crippen molar-refractivity contribution in [3.8, 4) is 17.0 Å². The summed E-state index contributed by atoms with van der Waals surface area (Å²) < 4.78 is 30.5. The van der Waals surface area contributed by atoms with Crippen molar-refractivity contribution in [1.82, 2.24) is 19.3 Å². The van der Waals surface area contributed by atoms with Crippen LogP contribution in [0, 0.1) is 0 Å². The summed E-state index contributed by atoms with van der Waals surface area (Å²) in [5, 5.41) is 19.6. The first-order valence-electron chi connectivity index (χ1n) is 10.5. The van der Waals surface area contributed by atoms with Gasteiger partial charge in [-0.15, -0.1) is 0 Å². The first kappa shape index (κ1) is 22.3. The van der Waals surface area contributed by atoms with E-state index in [1.165, 1.54) is 0 Å². The minimum absolute atomic E-state index is 0.115. The zero-order chi connectivity index (χ0) is 23.7. The molecule has 0 aliphatic heterocycles. The van der Waals surface area contributed by atoms with E-state index < -0.39 is 10.0 Å². The molecule has 172 valence electrons. The molecule has 0 fully saturated rings. The number of anilines is 1. The fraction of sp³-hybridized carbons (Fsp3) is 0.0833. The molecule has 0 amide bonds. The summed E-state index contributed by atoms with van der Waals surface area (Å²) in [6, 6.07) is 21.4. The number of aromatic hydroxyl groups is 1. The van der Waals surface area contributed by atoms with Gasteiger partial charge in [0.25, 0.3) is 0 Å². The molecule has 0 atom stereocenters. The number of rotatable bonds is 7. The van der Waals surface area contributed by atoms with Crippen LogP contribution in [0.5, 0.6) is 5.75 Å². The number of halogens is 1. The fourth-order valence-corrected chi connectivity index (χ4v) is 5.10. The van der Waals surface area contributed by atoms with Gasteiger partial charge in [-0.1, -0.05) is 42.5 Å². The quantitative estimate of drug-likeness (QED) is 0.265. The number of phenolic OH excluding ortho intramolecular Hbond substituents is 1. The number of nitrogens with zero attached hydrogens (tertiary/aromatic N) is 3. The minimum Gasteiger partial charge on any atom is -0.507 e. The summed E-state index contributed by atoms with van der Waals surface area (Å²) in [7, 11) is -3.67. The lowest BCUT2D eigenvalue weighted by atomic mass is 10.1. The Hall–Kier alpha value is -3.47. The molecule has 0 aliphatic rings. The Kier molecular flexibility index (Phi) is 5.94. The molecule has 10 heteroatoms. The summed E-state index contributed by atoms with van der Waals surface area (Å²) in [6.45, 7) is 0.469. The minimum atomic E-state index is -3.67. The van der Waals surface area contributed by atoms with Crippen molar-refractivity contribution in [3.63, 3.8) is 0 Å². The Bertz CT molecular complexity index is 1620. The van der Waals surface area contributed by atoms with Gasteiger partial charge in [0.2, 0.25) is 10.0 Å². The van der Waals surface area contributed by atoms with Crippen molar-refractivity contribution >= 4 is 48.2 Å². The molecule has 0 saturated heterocycles. The molecule has 0 unspecified atom stereocenters. The van der Waals surface area contributed by atoms with Crippen LogP contribution in [-0.2, 0) is 10.0 Å². The van der Waals surface area contributed by atoms with Crippen LogP contribution in [0.4, 0.5) is 5.82 Å². The van der Waals surface area contributed by atoms with E-state index in [0.717, 1.165) is 10.8 Å². The zero-order valence-electron chi connectivity index (χ0n) is 17.8. The molecule has 3 N–H and O–H groups in total. The fourth-order valence-electron chi connectivity index (χ4n) is 3.68. The molecule has 2 aromatic heterocycles. The van der Waals surface area contributed by atoms with Gasteiger partial charge in [-0.25, -0.2) is 18.1 Å². The van der Waals surface area contributed by atoms with E-state index in [1.54, 1.807) is 53.2 Å². The van der Waals surface area contributed by atoms with E-state index >= 15 is 0 Å². The van der Waals surface area contributed by atoms with E-state index in [0.29, 0.717) is 33.7 Å². The third kappa shape index (κ3) is 4.35. The number of benzene rings is 3. The average molecular weight is 538 g/mol. The SMILES string of the molecule is O=S(=O)(NCCNc1cc(-c2ccccc2O)nc2c(Br)cnn12)c1ccc2ccccc2c1. The van der Waals surface area contributed by atoms with Crippen LogP contribution in [-0.4, -0.2) is 41.2 Å². The molecule has 0 spiro atoms. The highest BCUT2D eigenvalue weighted by molar-refractivity contribution is 9.10. The summed E-state index contributed by atoms with van der Waals surface area (Å²) in [5.74, 6) is 0.725. The number of para-hydroxylation sites is 1.